The van der Waals surface area contributed by atoms with E-state index in [4.69, 9.17) is 4.74 Å². The molecule has 0 spiro atoms. The number of benzene rings is 2. The summed E-state index contributed by atoms with van der Waals surface area (Å²) in [5, 5.41) is 10.4. The van der Waals surface area contributed by atoms with Gasteiger partial charge in [-0.2, -0.15) is 0 Å². The molecule has 2 atom stereocenters. The van der Waals surface area contributed by atoms with E-state index in [1.807, 2.05) is 31.2 Å². The third kappa shape index (κ3) is 3.11. The second kappa shape index (κ2) is 5.53. The van der Waals surface area contributed by atoms with Crippen molar-refractivity contribution >= 4 is 0 Å². The van der Waals surface area contributed by atoms with Crippen LogP contribution in [0, 0.1) is 6.92 Å². The molecule has 2 aromatic carbocycles. The number of hydrogen-bond acceptors (Lipinski definition) is 2. The predicted octanol–water partition coefficient (Wildman–Crippen LogP) is 4.20. The van der Waals surface area contributed by atoms with Gasteiger partial charge in [-0.25, -0.2) is 0 Å². The average Bonchev–Trinajstić information content (AvgIpc) is 2.47. The normalized spacial score (nSPS) is 24.2. The maximum atomic E-state index is 10.4. The first-order valence-corrected chi connectivity index (χ1v) is 7.57. The number of aliphatic hydroxyl groups excluding tert-OH is 1. The number of ether oxygens (including phenoxy) is 1. The van der Waals surface area contributed by atoms with Crippen LogP contribution in [0.1, 0.15) is 42.6 Å². The van der Waals surface area contributed by atoms with Crippen LogP contribution in [0.4, 0.5) is 0 Å². The highest BCUT2D eigenvalue weighted by atomic mass is 16.5. The first kappa shape index (κ1) is 14.2. The van der Waals surface area contributed by atoms with Gasteiger partial charge in [-0.15, -0.1) is 0 Å². The van der Waals surface area contributed by atoms with Crippen molar-refractivity contribution in [1.82, 2.24) is 0 Å². The molecule has 2 heteroatoms. The second-order valence-corrected chi connectivity index (χ2v) is 6.30. The van der Waals surface area contributed by atoms with Crippen LogP contribution < -0.4 is 4.74 Å². The Morgan fingerprint density at radius 2 is 1.95 bits per heavy atom. The van der Waals surface area contributed by atoms with E-state index in [2.05, 4.69) is 31.2 Å². The first-order valence-electron chi connectivity index (χ1n) is 7.57. The molecular formula is C19H22O2. The van der Waals surface area contributed by atoms with Gasteiger partial charge in [0.1, 0.15) is 11.4 Å². The van der Waals surface area contributed by atoms with E-state index in [1.165, 1.54) is 5.56 Å². The molecule has 3 rings (SSSR count). The van der Waals surface area contributed by atoms with Gasteiger partial charge in [-0.3, -0.25) is 0 Å². The van der Waals surface area contributed by atoms with Crippen molar-refractivity contribution in [2.24, 2.45) is 0 Å². The summed E-state index contributed by atoms with van der Waals surface area (Å²) in [6, 6.07) is 16.5. The monoisotopic (exact) mass is 282 g/mol. The number of fused-ring (bicyclic) bond motifs is 1. The molecule has 0 saturated heterocycles. The van der Waals surface area contributed by atoms with Crippen LogP contribution in [0.3, 0.4) is 0 Å². The summed E-state index contributed by atoms with van der Waals surface area (Å²) in [6.45, 7) is 4.14. The fourth-order valence-corrected chi connectivity index (χ4v) is 3.05. The summed E-state index contributed by atoms with van der Waals surface area (Å²) < 4.78 is 6.21. The van der Waals surface area contributed by atoms with Crippen molar-refractivity contribution in [3.8, 4) is 5.75 Å². The van der Waals surface area contributed by atoms with Crippen LogP contribution in [-0.2, 0) is 6.42 Å². The Morgan fingerprint density at radius 3 is 2.71 bits per heavy atom. The van der Waals surface area contributed by atoms with Crippen LogP contribution in [0.25, 0.3) is 0 Å². The topological polar surface area (TPSA) is 29.5 Å². The van der Waals surface area contributed by atoms with E-state index in [0.29, 0.717) is 6.42 Å². The van der Waals surface area contributed by atoms with E-state index < -0.39 is 6.10 Å². The summed E-state index contributed by atoms with van der Waals surface area (Å²) in [6.07, 6.45) is 2.08. The third-order valence-corrected chi connectivity index (χ3v) is 4.29. The van der Waals surface area contributed by atoms with Crippen molar-refractivity contribution in [3.63, 3.8) is 0 Å². The van der Waals surface area contributed by atoms with Crippen molar-refractivity contribution < 1.29 is 9.84 Å². The van der Waals surface area contributed by atoms with Crippen LogP contribution in [0.15, 0.2) is 48.5 Å². The summed E-state index contributed by atoms with van der Waals surface area (Å²) in [7, 11) is 0. The van der Waals surface area contributed by atoms with Gasteiger partial charge in [0.15, 0.2) is 0 Å². The van der Waals surface area contributed by atoms with Crippen LogP contribution >= 0.6 is 0 Å². The minimum atomic E-state index is -0.436. The maximum absolute atomic E-state index is 10.4. The summed E-state index contributed by atoms with van der Waals surface area (Å²) in [5.41, 5.74) is 3.08. The summed E-state index contributed by atoms with van der Waals surface area (Å²) in [4.78, 5) is 0. The van der Waals surface area contributed by atoms with Crippen molar-refractivity contribution in [2.75, 3.05) is 0 Å². The van der Waals surface area contributed by atoms with Crippen LogP contribution in [0.5, 0.6) is 5.75 Å². The molecule has 110 valence electrons. The number of aliphatic hydroxyl groups is 1. The van der Waals surface area contributed by atoms with Crippen molar-refractivity contribution in [2.45, 2.75) is 44.8 Å². The van der Waals surface area contributed by atoms with Crippen molar-refractivity contribution in [3.05, 3.63) is 65.2 Å². The number of rotatable bonds is 3. The molecule has 1 aliphatic rings. The Balaban J connectivity index is 1.76. The van der Waals surface area contributed by atoms with Gasteiger partial charge in [0.25, 0.3) is 0 Å². The maximum Gasteiger partial charge on any atom is 0.125 e. The van der Waals surface area contributed by atoms with Crippen molar-refractivity contribution in [1.29, 1.82) is 0 Å². The van der Waals surface area contributed by atoms with Crippen LogP contribution in [-0.4, -0.2) is 10.7 Å². The van der Waals surface area contributed by atoms with Gasteiger partial charge in [0.2, 0.25) is 0 Å². The highest BCUT2D eigenvalue weighted by Gasteiger charge is 2.36. The Kier molecular flexibility index (Phi) is 3.73. The number of aryl methyl sites for hydroxylation is 2. The SMILES string of the molecule is Cc1ccc2c(c1)[C@@H](O)CC(C)(CCc1ccccc1)O2. The largest absolute Gasteiger partial charge is 0.487 e. The fraction of sp³-hybridized carbons (Fsp3) is 0.368. The molecule has 1 aliphatic heterocycles. The van der Waals surface area contributed by atoms with Gasteiger partial charge < -0.3 is 9.84 Å². The third-order valence-electron chi connectivity index (χ3n) is 4.29. The first-order chi connectivity index (χ1) is 10.1. The lowest BCUT2D eigenvalue weighted by atomic mass is 9.85. The van der Waals surface area contributed by atoms with Gasteiger partial charge in [0.05, 0.1) is 6.10 Å². The molecule has 0 aromatic heterocycles. The van der Waals surface area contributed by atoms with Gasteiger partial charge in [-0.05, 0) is 44.4 Å². The Labute approximate surface area is 126 Å². The summed E-state index contributed by atoms with van der Waals surface area (Å²) in [5.74, 6) is 0.829. The van der Waals surface area contributed by atoms with Crippen LogP contribution in [0.2, 0.25) is 0 Å². The zero-order chi connectivity index (χ0) is 14.9. The van der Waals surface area contributed by atoms with E-state index in [0.717, 1.165) is 29.7 Å². The standard InChI is InChI=1S/C19H22O2/c1-14-8-9-18-16(12-14)17(20)13-19(2,21-18)11-10-15-6-4-3-5-7-15/h3-9,12,17,20H,10-11,13H2,1-2H3/t17-,19?/m0/s1. The predicted molar refractivity (Wildman–Crippen MR) is 84.6 cm³/mol. The highest BCUT2D eigenvalue weighted by Crippen LogP contribution is 2.41. The zero-order valence-electron chi connectivity index (χ0n) is 12.7. The quantitative estimate of drug-likeness (QED) is 0.914. The lowest BCUT2D eigenvalue weighted by Crippen LogP contribution is -2.38. The second-order valence-electron chi connectivity index (χ2n) is 6.30. The molecule has 2 nitrogen and oxygen atoms in total. The molecule has 1 unspecified atom stereocenters. The molecule has 1 heterocycles. The lowest BCUT2D eigenvalue weighted by Gasteiger charge is -2.38. The smallest absolute Gasteiger partial charge is 0.125 e. The van der Waals surface area contributed by atoms with Gasteiger partial charge >= 0.3 is 0 Å². The average molecular weight is 282 g/mol. The van der Waals surface area contributed by atoms with E-state index in [1.54, 1.807) is 0 Å². The fourth-order valence-electron chi connectivity index (χ4n) is 3.05. The van der Waals surface area contributed by atoms with Gasteiger partial charge in [-0.1, -0.05) is 42.0 Å². The molecule has 0 bridgehead atoms. The Bertz CT molecular complexity index is 621. The van der Waals surface area contributed by atoms with E-state index in [-0.39, 0.29) is 5.60 Å². The molecule has 21 heavy (non-hydrogen) atoms. The molecule has 0 radical (unpaired) electrons. The summed E-state index contributed by atoms with van der Waals surface area (Å²) >= 11 is 0. The molecule has 0 aliphatic carbocycles. The zero-order valence-corrected chi connectivity index (χ0v) is 12.7. The minimum Gasteiger partial charge on any atom is -0.487 e. The minimum absolute atomic E-state index is 0.308. The van der Waals surface area contributed by atoms with E-state index >= 15 is 0 Å². The molecule has 1 N–H and O–H groups in total. The Hall–Kier alpha value is -1.80. The lowest BCUT2D eigenvalue weighted by molar-refractivity contribution is -0.00675. The highest BCUT2D eigenvalue weighted by molar-refractivity contribution is 5.40. The molecule has 0 saturated carbocycles. The van der Waals surface area contributed by atoms with Gasteiger partial charge in [0, 0.05) is 12.0 Å². The molecule has 2 aromatic rings. The molecular weight excluding hydrogens is 260 g/mol. The Morgan fingerprint density at radius 1 is 1.19 bits per heavy atom. The van der Waals surface area contributed by atoms with E-state index in [9.17, 15) is 5.11 Å². The molecule has 0 fully saturated rings. The molecule has 0 amide bonds. The number of hydrogen-bond donors (Lipinski definition) is 1.